The van der Waals surface area contributed by atoms with E-state index in [1.54, 1.807) is 6.07 Å². The van der Waals surface area contributed by atoms with Crippen LogP contribution in [0, 0.1) is 18.6 Å². The molecule has 0 amide bonds. The van der Waals surface area contributed by atoms with Crippen LogP contribution < -0.4 is 4.90 Å². The molecule has 7 nitrogen and oxygen atoms in total. The van der Waals surface area contributed by atoms with Crippen molar-refractivity contribution in [1.82, 2.24) is 29.4 Å². The van der Waals surface area contributed by atoms with Gasteiger partial charge in [0.25, 0.3) is 0 Å². The second-order valence-corrected chi connectivity index (χ2v) is 10.6. The van der Waals surface area contributed by atoms with Crippen LogP contribution in [-0.4, -0.2) is 62.6 Å². The quantitative estimate of drug-likeness (QED) is 0.327. The van der Waals surface area contributed by atoms with Crippen LogP contribution in [0.25, 0.3) is 22.2 Å². The number of nitrogens with zero attached hydrogens (tertiary/aromatic N) is 7. The number of halogens is 2. The number of benzene rings is 1. The van der Waals surface area contributed by atoms with Gasteiger partial charge in [-0.15, -0.1) is 0 Å². The molecule has 0 spiro atoms. The highest BCUT2D eigenvalue weighted by Crippen LogP contribution is 2.31. The predicted molar refractivity (Wildman–Crippen MR) is 146 cm³/mol. The van der Waals surface area contributed by atoms with Gasteiger partial charge in [0.15, 0.2) is 5.82 Å². The molecule has 0 N–H and O–H groups in total. The molecule has 0 bridgehead atoms. The average Bonchev–Trinajstić information content (AvgIpc) is 3.25. The van der Waals surface area contributed by atoms with Gasteiger partial charge in [-0.25, -0.2) is 23.7 Å². The van der Waals surface area contributed by atoms with Crippen molar-refractivity contribution in [3.05, 3.63) is 65.8 Å². The molecule has 4 heterocycles. The van der Waals surface area contributed by atoms with E-state index >= 15 is 0 Å². The van der Waals surface area contributed by atoms with E-state index in [0.717, 1.165) is 37.4 Å². The zero-order valence-electron chi connectivity index (χ0n) is 22.7. The summed E-state index contributed by atoms with van der Waals surface area (Å²) in [5.74, 6) is 0.495. The fourth-order valence-corrected chi connectivity index (χ4v) is 5.44. The summed E-state index contributed by atoms with van der Waals surface area (Å²) < 4.78 is 31.8. The van der Waals surface area contributed by atoms with Crippen LogP contribution in [0.2, 0.25) is 0 Å². The highest BCUT2D eigenvalue weighted by Gasteiger charge is 2.21. The topological polar surface area (TPSA) is 63.0 Å². The van der Waals surface area contributed by atoms with Crippen molar-refractivity contribution < 1.29 is 8.78 Å². The molecule has 0 atom stereocenters. The summed E-state index contributed by atoms with van der Waals surface area (Å²) in [6, 6.07) is 5.58. The van der Waals surface area contributed by atoms with E-state index < -0.39 is 11.6 Å². The number of rotatable bonds is 7. The number of anilines is 1. The first-order valence-corrected chi connectivity index (χ1v) is 13.3. The largest absolute Gasteiger partial charge is 0.369 e. The summed E-state index contributed by atoms with van der Waals surface area (Å²) in [6.45, 7) is 7.89. The van der Waals surface area contributed by atoms with Crippen molar-refractivity contribution >= 4 is 16.7 Å². The third-order valence-corrected chi connectivity index (χ3v) is 7.52. The van der Waals surface area contributed by atoms with Crippen LogP contribution >= 0.6 is 0 Å². The molecule has 0 aliphatic carbocycles. The Morgan fingerprint density at radius 1 is 0.947 bits per heavy atom. The van der Waals surface area contributed by atoms with E-state index in [4.69, 9.17) is 0 Å². The number of pyridine rings is 1. The Morgan fingerprint density at radius 2 is 1.66 bits per heavy atom. The first-order chi connectivity index (χ1) is 18.2. The molecular formula is C29H35F2N7. The molecule has 0 saturated carbocycles. The predicted octanol–water partition coefficient (Wildman–Crippen LogP) is 5.37. The van der Waals surface area contributed by atoms with Crippen LogP contribution in [0.1, 0.15) is 50.1 Å². The molecule has 0 unspecified atom stereocenters. The molecule has 1 saturated heterocycles. The van der Waals surface area contributed by atoms with Gasteiger partial charge in [-0.1, -0.05) is 0 Å². The molecule has 3 aromatic heterocycles. The summed E-state index contributed by atoms with van der Waals surface area (Å²) >= 11 is 0. The number of piperidine rings is 1. The maximum Gasteiger partial charge on any atom is 0.151 e. The van der Waals surface area contributed by atoms with Crippen molar-refractivity contribution in [3.63, 3.8) is 0 Å². The van der Waals surface area contributed by atoms with Gasteiger partial charge in [0.05, 0.1) is 29.8 Å². The zero-order valence-corrected chi connectivity index (χ0v) is 22.7. The molecule has 9 heteroatoms. The van der Waals surface area contributed by atoms with Crippen molar-refractivity contribution in [2.75, 3.05) is 32.1 Å². The van der Waals surface area contributed by atoms with E-state index in [1.165, 1.54) is 12.3 Å². The summed E-state index contributed by atoms with van der Waals surface area (Å²) in [5.41, 5.74) is 3.50. The lowest BCUT2D eigenvalue weighted by atomic mass is 10.0. The zero-order chi connectivity index (χ0) is 27.0. The molecule has 1 aliphatic heterocycles. The molecule has 38 heavy (non-hydrogen) atoms. The van der Waals surface area contributed by atoms with Gasteiger partial charge in [0, 0.05) is 42.9 Å². The van der Waals surface area contributed by atoms with Gasteiger partial charge in [0.1, 0.15) is 23.0 Å². The molecule has 5 rings (SSSR count). The van der Waals surface area contributed by atoms with Gasteiger partial charge >= 0.3 is 0 Å². The fraction of sp³-hybridized carbons (Fsp3) is 0.448. The Kier molecular flexibility index (Phi) is 7.38. The van der Waals surface area contributed by atoms with E-state index in [1.807, 2.05) is 43.8 Å². The Morgan fingerprint density at radius 3 is 2.32 bits per heavy atom. The average molecular weight is 520 g/mol. The van der Waals surface area contributed by atoms with Crippen molar-refractivity contribution in [1.29, 1.82) is 0 Å². The normalized spacial score (nSPS) is 14.8. The summed E-state index contributed by atoms with van der Waals surface area (Å²) in [6.07, 6.45) is 8.37. The Labute approximate surface area is 222 Å². The number of fused-ring (bicyclic) bond motifs is 1. The lowest BCUT2D eigenvalue weighted by Crippen LogP contribution is -2.42. The standard InChI is InChI=1S/C29H35F2N7/c1-18(2)38-19(3)35-29-25(30)12-20(13-27(29)38)24-14-21(32-17-26(24)31)6-7-28-33-15-23(16-34-28)37-10-8-22(9-11-37)36(4)5/h12-18,22H,6-11H2,1-5H3. The summed E-state index contributed by atoms with van der Waals surface area (Å²) in [7, 11) is 4.27. The highest BCUT2D eigenvalue weighted by atomic mass is 19.1. The van der Waals surface area contributed by atoms with Gasteiger partial charge < -0.3 is 14.4 Å². The minimum Gasteiger partial charge on any atom is -0.369 e. The van der Waals surface area contributed by atoms with Gasteiger partial charge in [0.2, 0.25) is 0 Å². The minimum absolute atomic E-state index is 0.101. The molecule has 4 aromatic rings. The van der Waals surface area contributed by atoms with Crippen molar-refractivity contribution in [3.8, 4) is 11.1 Å². The molecule has 0 radical (unpaired) electrons. The molecule has 1 aromatic carbocycles. The SMILES string of the molecule is Cc1nc2c(F)cc(-c3cc(CCc4ncc(N5CCC(N(C)C)CC5)cn4)ncc3F)cc2n1C(C)C. The van der Waals surface area contributed by atoms with Gasteiger partial charge in [-0.3, -0.25) is 4.98 Å². The van der Waals surface area contributed by atoms with Crippen LogP contribution in [0.15, 0.2) is 36.8 Å². The molecule has 200 valence electrons. The Bertz CT molecular complexity index is 1420. The van der Waals surface area contributed by atoms with E-state index in [2.05, 4.69) is 43.8 Å². The molecular weight excluding hydrogens is 484 g/mol. The first kappa shape index (κ1) is 26.2. The lowest BCUT2D eigenvalue weighted by Gasteiger charge is -2.36. The summed E-state index contributed by atoms with van der Waals surface area (Å²) in [4.78, 5) is 22.4. The number of imidazole rings is 1. The molecule has 1 fully saturated rings. The number of aromatic nitrogens is 5. The fourth-order valence-electron chi connectivity index (χ4n) is 5.44. The third-order valence-electron chi connectivity index (χ3n) is 7.52. The smallest absolute Gasteiger partial charge is 0.151 e. The van der Waals surface area contributed by atoms with Crippen LogP contribution in [0.3, 0.4) is 0 Å². The molecule has 1 aliphatic rings. The Hall–Kier alpha value is -3.46. The number of hydrogen-bond donors (Lipinski definition) is 0. The van der Waals surface area contributed by atoms with Crippen molar-refractivity contribution in [2.45, 2.75) is 58.5 Å². The third kappa shape index (κ3) is 5.25. The van der Waals surface area contributed by atoms with E-state index in [-0.39, 0.29) is 6.04 Å². The van der Waals surface area contributed by atoms with Gasteiger partial charge in [-0.05, 0) is 77.9 Å². The second kappa shape index (κ2) is 10.7. The van der Waals surface area contributed by atoms with E-state index in [0.29, 0.717) is 52.6 Å². The first-order valence-electron chi connectivity index (χ1n) is 13.3. The minimum atomic E-state index is -0.488. The second-order valence-electron chi connectivity index (χ2n) is 10.6. The maximum absolute atomic E-state index is 15.0. The van der Waals surface area contributed by atoms with Crippen LogP contribution in [-0.2, 0) is 12.8 Å². The number of aryl methyl sites for hydroxylation is 3. The van der Waals surface area contributed by atoms with E-state index in [9.17, 15) is 8.78 Å². The Balaban J connectivity index is 1.31. The van der Waals surface area contributed by atoms with Crippen LogP contribution in [0.4, 0.5) is 14.5 Å². The lowest BCUT2D eigenvalue weighted by molar-refractivity contribution is 0.249. The highest BCUT2D eigenvalue weighted by molar-refractivity contribution is 5.83. The number of hydrogen-bond acceptors (Lipinski definition) is 6. The van der Waals surface area contributed by atoms with Crippen molar-refractivity contribution in [2.24, 2.45) is 0 Å². The van der Waals surface area contributed by atoms with Crippen LogP contribution in [0.5, 0.6) is 0 Å². The maximum atomic E-state index is 15.0. The van der Waals surface area contributed by atoms with Gasteiger partial charge in [-0.2, -0.15) is 0 Å². The monoisotopic (exact) mass is 519 g/mol. The summed E-state index contributed by atoms with van der Waals surface area (Å²) in [5, 5.41) is 0.